The minimum Gasteiger partial charge on any atom is -0.288 e. The van der Waals surface area contributed by atoms with Crippen LogP contribution in [0.25, 0.3) is 54.6 Å². The van der Waals surface area contributed by atoms with Crippen molar-refractivity contribution in [2.45, 2.75) is 75.0 Å². The molecule has 7 aromatic rings. The number of halogens is 4. The van der Waals surface area contributed by atoms with E-state index < -0.39 is 46.4 Å². The van der Waals surface area contributed by atoms with E-state index in [1.54, 1.807) is 12.2 Å². The second-order valence-corrected chi connectivity index (χ2v) is 20.2. The van der Waals surface area contributed by atoms with Crippen LogP contribution in [0.4, 0.5) is 17.6 Å². The van der Waals surface area contributed by atoms with E-state index in [1.165, 1.54) is 58.1 Å². The monoisotopic (exact) mass is 888 g/mol. The fourth-order valence-corrected chi connectivity index (χ4v) is 14.1. The van der Waals surface area contributed by atoms with E-state index in [2.05, 4.69) is 12.1 Å². The number of thiazole rings is 2. The number of carbonyl (C=O) groups excluding carboxylic acids is 4. The van der Waals surface area contributed by atoms with E-state index in [9.17, 15) is 36.7 Å². The molecule has 314 valence electrons. The Kier molecular flexibility index (Phi) is 7.87. The normalized spacial score (nSPS) is 18.6. The summed E-state index contributed by atoms with van der Waals surface area (Å²) in [5.41, 5.74) is 6.50. The van der Waals surface area contributed by atoms with Crippen molar-refractivity contribution in [2.75, 3.05) is 0 Å². The van der Waals surface area contributed by atoms with Gasteiger partial charge < -0.3 is 0 Å². The van der Waals surface area contributed by atoms with Crippen LogP contribution in [0.15, 0.2) is 71.8 Å². The van der Waals surface area contributed by atoms with E-state index in [-0.39, 0.29) is 44.2 Å². The summed E-state index contributed by atoms with van der Waals surface area (Å²) in [5, 5.41) is 2.46. The maximum absolute atomic E-state index is 14.1. The number of ketones is 4. The number of carbonyl (C=O) groups is 4. The van der Waals surface area contributed by atoms with Gasteiger partial charge >= 0.3 is 0 Å². The van der Waals surface area contributed by atoms with E-state index in [4.69, 9.17) is 9.97 Å². The molecule has 2 aromatic heterocycles. The summed E-state index contributed by atoms with van der Waals surface area (Å²) in [6.45, 7) is 0. The Labute approximate surface area is 370 Å². The van der Waals surface area contributed by atoms with Crippen LogP contribution >= 0.6 is 22.7 Å². The van der Waals surface area contributed by atoms with Crippen LogP contribution in [0.5, 0.6) is 0 Å². The Hall–Kier alpha value is -6.24. The zero-order chi connectivity index (χ0) is 43.6. The van der Waals surface area contributed by atoms with Crippen molar-refractivity contribution < 1.29 is 36.7 Å². The van der Waals surface area contributed by atoms with Gasteiger partial charge in [-0.3, -0.25) is 19.2 Å². The molecule has 0 bridgehead atoms. The van der Waals surface area contributed by atoms with Gasteiger partial charge in [0, 0.05) is 33.1 Å². The number of hydrogen-bond acceptors (Lipinski definition) is 8. The second kappa shape index (κ2) is 13.2. The molecule has 5 aromatic carbocycles. The van der Waals surface area contributed by atoms with Gasteiger partial charge in [-0.1, -0.05) is 38.5 Å². The number of allylic oxidation sites excluding steroid dienone is 2. The third-order valence-corrected chi connectivity index (χ3v) is 16.9. The van der Waals surface area contributed by atoms with Gasteiger partial charge in [0.15, 0.2) is 46.4 Å². The van der Waals surface area contributed by atoms with Gasteiger partial charge in [-0.05, 0) is 142 Å². The minimum absolute atomic E-state index is 0.0166. The Morgan fingerprint density at radius 3 is 1.05 bits per heavy atom. The van der Waals surface area contributed by atoms with Crippen molar-refractivity contribution in [3.63, 3.8) is 0 Å². The maximum atomic E-state index is 14.1. The molecular weight excluding hydrogens is 857 g/mol. The zero-order valence-corrected chi connectivity index (χ0v) is 35.5. The molecule has 13 rings (SSSR count). The zero-order valence-electron chi connectivity index (χ0n) is 33.9. The summed E-state index contributed by atoms with van der Waals surface area (Å²) in [5.74, 6) is -5.96. The molecule has 6 aliphatic carbocycles. The molecule has 2 saturated carbocycles. The van der Waals surface area contributed by atoms with Crippen LogP contribution in [0.3, 0.4) is 0 Å². The molecule has 6 nitrogen and oxygen atoms in total. The molecule has 2 spiro atoms. The third kappa shape index (κ3) is 5.06. The van der Waals surface area contributed by atoms with E-state index in [0.29, 0.717) is 31.6 Å². The fourth-order valence-electron chi connectivity index (χ4n) is 11.8. The molecule has 2 fully saturated rings. The molecular formula is C52H32F4N2O4S2. The standard InChI is InChI=1S/C52H32F4N2O4S2/c53-37-15-23-11-27-28(12-24(23)16-38(37)54)44(60)33(43(27)59)21-41-57-49-47(63-41)31-20-36-32(19-35(31)51(49)7-3-1-4-8-51)48-50(52(36)9-5-2-6-10-52)58-42(64-48)22-34-45(61)29-13-25-17-39(55)40(56)18-26(25)14-30(29)46(34)62/h11-22H,1-10H2. The van der Waals surface area contributed by atoms with Crippen molar-refractivity contribution in [2.24, 2.45) is 0 Å². The average molecular weight is 889 g/mol. The van der Waals surface area contributed by atoms with Gasteiger partial charge in [0.25, 0.3) is 0 Å². The van der Waals surface area contributed by atoms with Crippen molar-refractivity contribution >= 4 is 79.5 Å². The van der Waals surface area contributed by atoms with Gasteiger partial charge in [0.2, 0.25) is 0 Å². The number of fused-ring (bicyclic) bond motifs is 14. The first-order valence-corrected chi connectivity index (χ1v) is 23.3. The first-order chi connectivity index (χ1) is 30.9. The minimum atomic E-state index is -1.03. The van der Waals surface area contributed by atoms with Crippen LogP contribution in [-0.4, -0.2) is 33.1 Å². The number of Topliss-reactive ketones (excluding diaryl/α,β-unsaturated/α-hetero) is 4. The predicted molar refractivity (Wildman–Crippen MR) is 237 cm³/mol. The molecule has 64 heavy (non-hydrogen) atoms. The van der Waals surface area contributed by atoms with Crippen molar-refractivity contribution in [1.82, 2.24) is 9.97 Å². The van der Waals surface area contributed by atoms with Crippen molar-refractivity contribution in [3.05, 3.63) is 150 Å². The molecule has 12 heteroatoms. The van der Waals surface area contributed by atoms with Crippen molar-refractivity contribution in [3.8, 4) is 20.9 Å². The fraction of sp³-hybridized carbons (Fsp3) is 0.231. The SMILES string of the molecule is O=C1C(=Cc2nc3c(s2)-c2cc4c(cc2C32CCCCC2)-c2sc(C=C3C(=O)c5cc6cc(F)c(F)cc6cc5C3=O)nc2C42CCCCC2)C(=O)c2cc3cc(F)c(F)cc3cc21. The Morgan fingerprint density at radius 1 is 0.422 bits per heavy atom. The van der Waals surface area contributed by atoms with Crippen LogP contribution in [0, 0.1) is 23.3 Å². The molecule has 0 amide bonds. The van der Waals surface area contributed by atoms with Gasteiger partial charge in [0.05, 0.1) is 32.3 Å². The number of nitrogens with zero attached hydrogens (tertiary/aromatic N) is 2. The first-order valence-electron chi connectivity index (χ1n) is 21.6. The second-order valence-electron chi connectivity index (χ2n) is 18.1. The number of aromatic nitrogens is 2. The largest absolute Gasteiger partial charge is 0.288 e. The lowest BCUT2D eigenvalue weighted by atomic mass is 9.67. The van der Waals surface area contributed by atoms with Crippen molar-refractivity contribution in [1.29, 1.82) is 0 Å². The van der Waals surface area contributed by atoms with Crippen LogP contribution in [0.1, 0.15) is 138 Å². The number of benzene rings is 5. The van der Waals surface area contributed by atoms with Crippen LogP contribution in [0.2, 0.25) is 0 Å². The highest BCUT2D eigenvalue weighted by atomic mass is 32.1. The van der Waals surface area contributed by atoms with Gasteiger partial charge in [-0.25, -0.2) is 27.5 Å². The van der Waals surface area contributed by atoms with Gasteiger partial charge in [-0.15, -0.1) is 22.7 Å². The van der Waals surface area contributed by atoms with E-state index in [0.717, 1.165) is 121 Å². The lowest BCUT2D eigenvalue weighted by molar-refractivity contribution is 0.0975. The Bertz CT molecular complexity index is 3140. The lowest BCUT2D eigenvalue weighted by Gasteiger charge is -2.36. The summed E-state index contributed by atoms with van der Waals surface area (Å²) < 4.78 is 56.5. The van der Waals surface area contributed by atoms with Crippen LogP contribution in [-0.2, 0) is 10.8 Å². The van der Waals surface area contributed by atoms with Crippen LogP contribution < -0.4 is 0 Å². The highest BCUT2D eigenvalue weighted by molar-refractivity contribution is 7.16. The Balaban J connectivity index is 0.910. The molecule has 0 N–H and O–H groups in total. The third-order valence-electron chi connectivity index (χ3n) is 14.8. The molecule has 0 saturated heterocycles. The summed E-state index contributed by atoms with van der Waals surface area (Å²) in [7, 11) is 0. The Morgan fingerprint density at radius 2 is 0.734 bits per heavy atom. The lowest BCUT2D eigenvalue weighted by Crippen LogP contribution is -2.30. The summed E-state index contributed by atoms with van der Waals surface area (Å²) in [6.07, 6.45) is 13.0. The molecule has 2 heterocycles. The molecule has 6 aliphatic rings. The highest BCUT2D eigenvalue weighted by Gasteiger charge is 2.52. The number of hydrogen-bond donors (Lipinski definition) is 0. The summed E-state index contributed by atoms with van der Waals surface area (Å²) in [4.78, 5) is 67.7. The molecule has 0 atom stereocenters. The molecule has 0 aliphatic heterocycles. The smallest absolute Gasteiger partial charge is 0.197 e. The summed E-state index contributed by atoms with van der Waals surface area (Å²) in [6, 6.07) is 14.7. The first kappa shape index (κ1) is 38.2. The van der Waals surface area contributed by atoms with E-state index in [1.807, 2.05) is 0 Å². The van der Waals surface area contributed by atoms with E-state index >= 15 is 0 Å². The predicted octanol–water partition coefficient (Wildman–Crippen LogP) is 12.8. The molecule has 0 radical (unpaired) electrons. The summed E-state index contributed by atoms with van der Waals surface area (Å²) >= 11 is 2.96. The van der Waals surface area contributed by atoms with Gasteiger partial charge in [0.1, 0.15) is 10.0 Å². The molecule has 0 unspecified atom stereocenters. The quantitative estimate of drug-likeness (QED) is 0.0975. The van der Waals surface area contributed by atoms with Gasteiger partial charge in [-0.2, -0.15) is 0 Å². The number of rotatable bonds is 2. The topological polar surface area (TPSA) is 94.1 Å². The average Bonchev–Trinajstić information content (AvgIpc) is 4.10. The maximum Gasteiger partial charge on any atom is 0.197 e. The highest BCUT2D eigenvalue weighted by Crippen LogP contribution is 2.63.